The number of allylic oxidation sites excluding steroid dienone is 34. The summed E-state index contributed by atoms with van der Waals surface area (Å²) < 4.78 is 10.8. The molecular weight excluding hydrogens is 1150 g/mol. The highest BCUT2D eigenvalue weighted by Crippen LogP contribution is 2.17. The van der Waals surface area contributed by atoms with E-state index in [1.165, 1.54) is 141 Å². The smallest absolute Gasteiger partial charge is 0.306 e. The third-order valence-electron chi connectivity index (χ3n) is 16.1. The van der Waals surface area contributed by atoms with Crippen molar-refractivity contribution in [1.82, 2.24) is 0 Å². The molecule has 0 aromatic heterocycles. The van der Waals surface area contributed by atoms with Crippen molar-refractivity contribution in [2.24, 2.45) is 0 Å². The van der Waals surface area contributed by atoms with Gasteiger partial charge in [-0.2, -0.15) is 0 Å². The summed E-state index contributed by atoms with van der Waals surface area (Å²) in [5.74, 6) is -0.602. The lowest BCUT2D eigenvalue weighted by Crippen LogP contribution is -2.28. The van der Waals surface area contributed by atoms with E-state index in [9.17, 15) is 14.7 Å². The molecule has 1 atom stereocenters. The topological polar surface area (TPSA) is 72.8 Å². The monoisotopic (exact) mass is 1290 g/mol. The number of carbonyl (C=O) groups is 2. The van der Waals surface area contributed by atoms with E-state index in [0.717, 1.165) is 154 Å². The summed E-state index contributed by atoms with van der Waals surface area (Å²) in [7, 11) is 0. The molecule has 528 valence electrons. The van der Waals surface area contributed by atoms with Crippen LogP contribution >= 0.6 is 0 Å². The van der Waals surface area contributed by atoms with Crippen LogP contribution in [0.25, 0.3) is 0 Å². The number of aliphatic hydroxyl groups excluding tert-OH is 1. The summed E-state index contributed by atoms with van der Waals surface area (Å²) in [6.07, 6.45) is 130. The second-order valence-electron chi connectivity index (χ2n) is 25.0. The third kappa shape index (κ3) is 78.9. The highest BCUT2D eigenvalue weighted by Gasteiger charge is 2.16. The van der Waals surface area contributed by atoms with Gasteiger partial charge in [-0.15, -0.1) is 0 Å². The minimum absolute atomic E-state index is 0.0776. The summed E-state index contributed by atoms with van der Waals surface area (Å²) in [5, 5.41) is 9.73. The SMILES string of the molecule is CC/C=C\C/C=C\C/C=C\C/C=C\C/C=C\C/C=C\C/C=C\C/C=C\C/C=C\C/C=C\CCCCCCCCCCC(=O)OC(CO)COC(=O)CCCCCCCCCCCCCCCCCCCCC/C=C\C/C=C\C/C=C\C/C=C\C/C=C\C/C=C\C/C=C\CC. The first-order valence-electron chi connectivity index (χ1n) is 38.6. The summed E-state index contributed by atoms with van der Waals surface area (Å²) >= 11 is 0. The molecule has 0 aromatic carbocycles. The van der Waals surface area contributed by atoms with Crippen LogP contribution in [0.1, 0.15) is 322 Å². The zero-order valence-corrected chi connectivity index (χ0v) is 60.6. The van der Waals surface area contributed by atoms with Gasteiger partial charge in [-0.25, -0.2) is 0 Å². The molecule has 0 aliphatic rings. The van der Waals surface area contributed by atoms with Crippen LogP contribution in [-0.4, -0.2) is 36.4 Å². The maximum atomic E-state index is 12.4. The van der Waals surface area contributed by atoms with Gasteiger partial charge >= 0.3 is 11.9 Å². The Kier molecular flexibility index (Phi) is 76.9. The van der Waals surface area contributed by atoms with Crippen LogP contribution in [0.15, 0.2) is 207 Å². The van der Waals surface area contributed by atoms with Gasteiger partial charge in [0.25, 0.3) is 0 Å². The van der Waals surface area contributed by atoms with Crippen LogP contribution < -0.4 is 0 Å². The van der Waals surface area contributed by atoms with Crippen molar-refractivity contribution < 1.29 is 24.2 Å². The summed E-state index contributed by atoms with van der Waals surface area (Å²) in [4.78, 5) is 24.7. The van der Waals surface area contributed by atoms with E-state index < -0.39 is 6.10 Å². The maximum Gasteiger partial charge on any atom is 0.306 e. The lowest BCUT2D eigenvalue weighted by atomic mass is 10.0. The normalized spacial score (nSPS) is 13.4. The molecule has 0 aliphatic heterocycles. The zero-order valence-electron chi connectivity index (χ0n) is 60.6. The third-order valence-corrected chi connectivity index (χ3v) is 16.1. The predicted molar refractivity (Wildman–Crippen MR) is 416 cm³/mol. The van der Waals surface area contributed by atoms with Crippen LogP contribution in [0.4, 0.5) is 0 Å². The largest absolute Gasteiger partial charge is 0.462 e. The van der Waals surface area contributed by atoms with Crippen LogP contribution in [0, 0.1) is 0 Å². The minimum atomic E-state index is -0.791. The van der Waals surface area contributed by atoms with Crippen LogP contribution in [0.2, 0.25) is 0 Å². The highest BCUT2D eigenvalue weighted by atomic mass is 16.6. The standard InChI is InChI=1S/C89H142O5/c1-3-5-7-9-11-13-15-17-19-21-23-25-27-29-31-33-35-37-39-41-43-44-46-47-49-51-53-55-57-59-61-63-65-67-69-71-73-75-77-79-81-83-88(91)93-86-87(85-90)94-89(92)84-82-80-78-76-74-72-70-68-66-64-62-60-58-56-54-52-50-48-45-42-40-38-36-34-32-30-28-26-24-22-20-18-16-14-12-10-8-6-4-2/h5-8,11-14,17-20,23-26,29-32,35-38,41-43,45,50,52,56,58,62,64,87,90H,3-4,9-10,15-16,21-22,27-28,33-34,39-40,44,46-49,51,53-55,57,59-61,63,65-86H2,1-2H3/b7-5-,8-6-,13-11-,14-12-,19-17-,20-18-,25-23-,26-24-,31-29-,32-30-,37-35-,38-36-,43-41-,45-42-,52-50-,58-56-,64-62-. The summed E-state index contributed by atoms with van der Waals surface area (Å²) in [6, 6.07) is 0. The van der Waals surface area contributed by atoms with Gasteiger partial charge < -0.3 is 14.6 Å². The van der Waals surface area contributed by atoms with Crippen LogP contribution in [0.3, 0.4) is 0 Å². The fourth-order valence-electron chi connectivity index (χ4n) is 10.4. The van der Waals surface area contributed by atoms with Crippen molar-refractivity contribution in [1.29, 1.82) is 0 Å². The molecule has 0 saturated carbocycles. The van der Waals surface area contributed by atoms with E-state index in [1.807, 2.05) is 0 Å². The van der Waals surface area contributed by atoms with Crippen molar-refractivity contribution >= 4 is 11.9 Å². The van der Waals surface area contributed by atoms with Crippen molar-refractivity contribution in [3.63, 3.8) is 0 Å². The van der Waals surface area contributed by atoms with Gasteiger partial charge in [0.1, 0.15) is 6.61 Å². The Hall–Kier alpha value is -5.52. The molecule has 0 spiro atoms. The molecule has 0 bridgehead atoms. The Morgan fingerprint density at radius 1 is 0.245 bits per heavy atom. The number of ether oxygens (including phenoxy) is 2. The number of carbonyl (C=O) groups excluding carboxylic acids is 2. The quantitative estimate of drug-likeness (QED) is 0.0373. The van der Waals surface area contributed by atoms with Gasteiger partial charge in [-0.3, -0.25) is 9.59 Å². The van der Waals surface area contributed by atoms with E-state index in [-0.39, 0.29) is 25.2 Å². The van der Waals surface area contributed by atoms with Gasteiger partial charge in [0.2, 0.25) is 0 Å². The molecule has 0 aromatic rings. The molecular formula is C89H142O5. The molecule has 1 unspecified atom stereocenters. The maximum absolute atomic E-state index is 12.4. The second-order valence-corrected chi connectivity index (χ2v) is 25.0. The number of hydrogen-bond acceptors (Lipinski definition) is 5. The second kappa shape index (κ2) is 81.7. The molecule has 1 N–H and O–H groups in total. The predicted octanol–water partition coefficient (Wildman–Crippen LogP) is 27.7. The van der Waals surface area contributed by atoms with Crippen LogP contribution in [0.5, 0.6) is 0 Å². The Bertz CT molecular complexity index is 2160. The molecule has 0 heterocycles. The van der Waals surface area contributed by atoms with Crippen molar-refractivity contribution in [3.8, 4) is 0 Å². The van der Waals surface area contributed by atoms with E-state index in [4.69, 9.17) is 9.47 Å². The lowest BCUT2D eigenvalue weighted by Gasteiger charge is -2.15. The first kappa shape index (κ1) is 88.5. The van der Waals surface area contributed by atoms with E-state index >= 15 is 0 Å². The van der Waals surface area contributed by atoms with E-state index in [0.29, 0.717) is 12.8 Å². The highest BCUT2D eigenvalue weighted by molar-refractivity contribution is 5.70. The first-order chi connectivity index (χ1) is 46.6. The fraction of sp³-hybridized carbons (Fsp3) is 0.596. The van der Waals surface area contributed by atoms with Crippen molar-refractivity contribution in [3.05, 3.63) is 207 Å². The molecule has 0 fully saturated rings. The molecule has 0 saturated heterocycles. The van der Waals surface area contributed by atoms with E-state index in [1.54, 1.807) is 0 Å². The average molecular weight is 1290 g/mol. The van der Waals surface area contributed by atoms with Gasteiger partial charge in [-0.05, 0) is 148 Å². The number of hydrogen-bond donors (Lipinski definition) is 1. The molecule has 0 amide bonds. The van der Waals surface area contributed by atoms with Gasteiger partial charge in [0, 0.05) is 12.8 Å². The molecule has 0 radical (unpaired) electrons. The molecule has 5 nitrogen and oxygen atoms in total. The Morgan fingerprint density at radius 3 is 0.638 bits per heavy atom. The summed E-state index contributed by atoms with van der Waals surface area (Å²) in [5.41, 5.74) is 0. The van der Waals surface area contributed by atoms with Gasteiger partial charge in [0.05, 0.1) is 6.61 Å². The zero-order chi connectivity index (χ0) is 67.5. The number of aliphatic hydroxyl groups is 1. The Morgan fingerprint density at radius 2 is 0.426 bits per heavy atom. The lowest BCUT2D eigenvalue weighted by molar-refractivity contribution is -0.161. The average Bonchev–Trinajstić information content (AvgIpc) is 3.65. The molecule has 5 heteroatoms. The fourth-order valence-corrected chi connectivity index (χ4v) is 10.4. The molecule has 0 rings (SSSR count). The molecule has 0 aliphatic carbocycles. The Labute approximate surface area is 580 Å². The number of rotatable bonds is 69. The minimum Gasteiger partial charge on any atom is -0.462 e. The van der Waals surface area contributed by atoms with Crippen LogP contribution in [-0.2, 0) is 19.1 Å². The number of unbranched alkanes of at least 4 members (excludes halogenated alkanes) is 27. The van der Waals surface area contributed by atoms with Gasteiger partial charge in [-0.1, -0.05) is 368 Å². The van der Waals surface area contributed by atoms with Gasteiger partial charge in [0.15, 0.2) is 6.10 Å². The van der Waals surface area contributed by atoms with Crippen molar-refractivity contribution in [2.75, 3.05) is 13.2 Å². The first-order valence-corrected chi connectivity index (χ1v) is 38.6. The van der Waals surface area contributed by atoms with Crippen molar-refractivity contribution in [2.45, 2.75) is 328 Å². The Balaban J connectivity index is 3.54. The molecule has 94 heavy (non-hydrogen) atoms. The van der Waals surface area contributed by atoms with E-state index in [2.05, 4.69) is 220 Å². The number of esters is 2. The summed E-state index contributed by atoms with van der Waals surface area (Å²) in [6.45, 7) is 3.91.